The molecule has 2 heterocycles. The van der Waals surface area contributed by atoms with E-state index in [0.29, 0.717) is 62.3 Å². The fraction of sp³-hybridized carbons (Fsp3) is 0.256. The summed E-state index contributed by atoms with van der Waals surface area (Å²) < 4.78 is 15.1. The molecule has 0 radical (unpaired) electrons. The highest BCUT2D eigenvalue weighted by molar-refractivity contribution is 9.10. The average molecular weight is 773 g/mol. The number of fused-ring (bicyclic) bond motifs is 1. The Morgan fingerprint density at radius 1 is 0.940 bits per heavy atom. The van der Waals surface area contributed by atoms with Crippen molar-refractivity contribution in [2.45, 2.75) is 65.1 Å². The van der Waals surface area contributed by atoms with Crippen molar-refractivity contribution in [2.24, 2.45) is 0 Å². The zero-order chi connectivity index (χ0) is 35.5. The van der Waals surface area contributed by atoms with Gasteiger partial charge in [-0.3, -0.25) is 4.79 Å². The number of para-hydroxylation sites is 1. The van der Waals surface area contributed by atoms with Crippen molar-refractivity contribution >= 4 is 56.8 Å². The summed E-state index contributed by atoms with van der Waals surface area (Å²) in [7, 11) is 0. The number of anilines is 2. The van der Waals surface area contributed by atoms with Gasteiger partial charge in [0.15, 0.2) is 11.5 Å². The Morgan fingerprint density at radius 3 is 2.44 bits per heavy atom. The normalized spacial score (nSPS) is 13.9. The van der Waals surface area contributed by atoms with Crippen LogP contribution < -0.4 is 20.1 Å². The Morgan fingerprint density at radius 2 is 1.68 bits per heavy atom. The maximum atomic E-state index is 14.2. The van der Waals surface area contributed by atoms with Crippen LogP contribution in [0.1, 0.15) is 58.8 Å². The third-order valence-electron chi connectivity index (χ3n) is 8.76. The van der Waals surface area contributed by atoms with Gasteiger partial charge in [0.05, 0.1) is 16.7 Å². The van der Waals surface area contributed by atoms with E-state index in [1.165, 1.54) is 28.5 Å². The summed E-state index contributed by atoms with van der Waals surface area (Å²) in [6.07, 6.45) is 0. The van der Waals surface area contributed by atoms with Gasteiger partial charge in [0.1, 0.15) is 12.6 Å². The third-order valence-corrected chi connectivity index (χ3v) is 10.6. The van der Waals surface area contributed by atoms with E-state index < -0.39 is 6.04 Å². The molecule has 8 nitrogen and oxygen atoms in total. The van der Waals surface area contributed by atoms with Gasteiger partial charge in [-0.1, -0.05) is 71.9 Å². The molecule has 6 rings (SSSR count). The first-order valence-corrected chi connectivity index (χ1v) is 18.5. The van der Waals surface area contributed by atoms with Crippen LogP contribution in [0.2, 0.25) is 5.02 Å². The number of thioether (sulfide) groups is 1. The highest BCUT2D eigenvalue weighted by Gasteiger charge is 2.36. The number of allylic oxidation sites excluding steroid dienone is 1. The van der Waals surface area contributed by atoms with E-state index in [1.807, 2.05) is 81.4 Å². The first kappa shape index (κ1) is 35.6. The smallest absolute Gasteiger partial charge is 0.255 e. The van der Waals surface area contributed by atoms with Crippen LogP contribution in [0.3, 0.4) is 0 Å². The number of hydrogen-bond acceptors (Lipinski definition) is 7. The lowest BCUT2D eigenvalue weighted by Crippen LogP contribution is -2.31. The van der Waals surface area contributed by atoms with E-state index in [4.69, 9.17) is 31.2 Å². The summed E-state index contributed by atoms with van der Waals surface area (Å²) >= 11 is 11.7. The van der Waals surface area contributed by atoms with Crippen LogP contribution in [-0.4, -0.2) is 27.3 Å². The molecular weight excluding hydrogens is 734 g/mol. The van der Waals surface area contributed by atoms with Crippen molar-refractivity contribution in [2.75, 3.05) is 17.2 Å². The molecule has 0 saturated heterocycles. The van der Waals surface area contributed by atoms with Gasteiger partial charge in [-0.15, -0.1) is 5.10 Å². The van der Waals surface area contributed by atoms with Gasteiger partial charge in [0.25, 0.3) is 5.91 Å². The van der Waals surface area contributed by atoms with Crippen LogP contribution in [0.5, 0.6) is 11.5 Å². The summed E-state index contributed by atoms with van der Waals surface area (Å²) in [5.41, 5.74) is 9.36. The van der Waals surface area contributed by atoms with Crippen LogP contribution in [-0.2, 0) is 17.2 Å². The van der Waals surface area contributed by atoms with E-state index in [1.54, 1.807) is 4.68 Å². The molecular formula is C39H39BrClN5O3S. The lowest BCUT2D eigenvalue weighted by atomic mass is 9.94. The number of amides is 1. The molecule has 258 valence electrons. The van der Waals surface area contributed by atoms with Crippen molar-refractivity contribution < 1.29 is 14.3 Å². The first-order valence-electron chi connectivity index (χ1n) is 16.4. The molecule has 1 amide bonds. The Balaban J connectivity index is 1.40. The second kappa shape index (κ2) is 15.3. The minimum atomic E-state index is -0.635. The standard InChI is InChI=1S/C39H39BrClN5O3S/c1-7-48-33-19-28(18-30(40)36(33)49-20-29-17-24(4)23(3)16-25(29)5)35-34(37(47)43-32-15-11-8-12-22(32)2)26(6)42-38-44-39(45-46(35)38)50-21-27-13-9-10-14-31(27)41/h8-19,35H,7,20-21H2,1-6H3,(H,43,47)(H,42,44,45). The van der Waals surface area contributed by atoms with E-state index in [2.05, 4.69) is 59.5 Å². The zero-order valence-corrected chi connectivity index (χ0v) is 32.0. The first-order chi connectivity index (χ1) is 24.0. The molecule has 1 aliphatic rings. The fourth-order valence-electron chi connectivity index (χ4n) is 5.93. The van der Waals surface area contributed by atoms with Gasteiger partial charge in [-0.2, -0.15) is 4.98 Å². The molecule has 2 N–H and O–H groups in total. The predicted octanol–water partition coefficient (Wildman–Crippen LogP) is 10.1. The van der Waals surface area contributed by atoms with Gasteiger partial charge in [0.2, 0.25) is 11.1 Å². The predicted molar refractivity (Wildman–Crippen MR) is 206 cm³/mol. The van der Waals surface area contributed by atoms with Crippen molar-refractivity contribution in [1.29, 1.82) is 0 Å². The number of hydrogen-bond donors (Lipinski definition) is 2. The van der Waals surface area contributed by atoms with E-state index in [-0.39, 0.29) is 5.91 Å². The number of nitrogens with one attached hydrogen (secondary N) is 2. The molecule has 0 aliphatic carbocycles. The molecule has 11 heteroatoms. The Hall–Kier alpha value is -4.25. The van der Waals surface area contributed by atoms with Gasteiger partial charge < -0.3 is 20.1 Å². The molecule has 1 aromatic heterocycles. The molecule has 0 fully saturated rings. The summed E-state index contributed by atoms with van der Waals surface area (Å²) in [5, 5.41) is 12.7. The molecule has 0 bridgehead atoms. The zero-order valence-electron chi connectivity index (χ0n) is 28.9. The van der Waals surface area contributed by atoms with Gasteiger partial charge >= 0.3 is 0 Å². The second-order valence-electron chi connectivity index (χ2n) is 12.3. The molecule has 4 aromatic carbocycles. The lowest BCUT2D eigenvalue weighted by Gasteiger charge is -2.29. The number of nitrogens with zero attached hydrogens (tertiary/aromatic N) is 3. The van der Waals surface area contributed by atoms with Crippen molar-refractivity contribution in [1.82, 2.24) is 14.8 Å². The molecule has 1 atom stereocenters. The Kier molecular flexibility index (Phi) is 10.9. The highest BCUT2D eigenvalue weighted by atomic mass is 79.9. The van der Waals surface area contributed by atoms with Crippen LogP contribution >= 0.6 is 39.3 Å². The van der Waals surface area contributed by atoms with Gasteiger partial charge in [-0.05, 0) is 121 Å². The molecule has 0 spiro atoms. The summed E-state index contributed by atoms with van der Waals surface area (Å²) in [6, 6.07) is 23.1. The quantitative estimate of drug-likeness (QED) is 0.129. The fourth-order valence-corrected chi connectivity index (χ4v) is 7.62. The Labute approximate surface area is 310 Å². The lowest BCUT2D eigenvalue weighted by molar-refractivity contribution is -0.113. The molecule has 50 heavy (non-hydrogen) atoms. The van der Waals surface area contributed by atoms with Crippen LogP contribution in [0.15, 0.2) is 93.7 Å². The number of carbonyl (C=O) groups excluding carboxylic acids is 1. The summed E-state index contributed by atoms with van der Waals surface area (Å²) in [6.45, 7) is 12.9. The largest absolute Gasteiger partial charge is 0.490 e. The molecule has 5 aromatic rings. The maximum absolute atomic E-state index is 14.2. The van der Waals surface area contributed by atoms with Crippen molar-refractivity contribution in [3.63, 3.8) is 0 Å². The van der Waals surface area contributed by atoms with Crippen LogP contribution in [0.25, 0.3) is 0 Å². The average Bonchev–Trinajstić information content (AvgIpc) is 3.48. The molecule has 1 unspecified atom stereocenters. The summed E-state index contributed by atoms with van der Waals surface area (Å²) in [5.74, 6) is 2.01. The van der Waals surface area contributed by atoms with Crippen LogP contribution in [0.4, 0.5) is 11.6 Å². The number of benzene rings is 4. The number of aromatic nitrogens is 3. The van der Waals surface area contributed by atoms with E-state index in [9.17, 15) is 4.79 Å². The number of ether oxygens (including phenoxy) is 2. The topological polar surface area (TPSA) is 90.3 Å². The van der Waals surface area contributed by atoms with Crippen molar-refractivity contribution in [3.05, 3.63) is 133 Å². The van der Waals surface area contributed by atoms with Crippen molar-refractivity contribution in [3.8, 4) is 11.5 Å². The number of carbonyl (C=O) groups is 1. The van der Waals surface area contributed by atoms with E-state index >= 15 is 0 Å². The molecule has 0 saturated carbocycles. The number of aryl methyl sites for hydroxylation is 4. The minimum Gasteiger partial charge on any atom is -0.490 e. The Bertz CT molecular complexity index is 2110. The SMILES string of the molecule is CCOc1cc(C2C(C(=O)Nc3ccccc3C)=C(C)Nc3nc(SCc4ccccc4Cl)nn32)cc(Br)c1OCc1cc(C)c(C)cc1C. The molecule has 1 aliphatic heterocycles. The highest BCUT2D eigenvalue weighted by Crippen LogP contribution is 2.44. The monoisotopic (exact) mass is 771 g/mol. The van der Waals surface area contributed by atoms with Crippen LogP contribution in [0, 0.1) is 27.7 Å². The second-order valence-corrected chi connectivity index (χ2v) is 14.5. The van der Waals surface area contributed by atoms with E-state index in [0.717, 1.165) is 27.9 Å². The number of rotatable bonds is 11. The maximum Gasteiger partial charge on any atom is 0.255 e. The van der Waals surface area contributed by atoms with Gasteiger partial charge in [0, 0.05) is 22.2 Å². The van der Waals surface area contributed by atoms with Gasteiger partial charge in [-0.25, -0.2) is 4.68 Å². The number of halogens is 2. The minimum absolute atomic E-state index is 0.250. The third kappa shape index (κ3) is 7.57. The summed E-state index contributed by atoms with van der Waals surface area (Å²) in [4.78, 5) is 19.0.